The SMILES string of the molecule is CCCCOc1ccccc1NCC(=O)Nc1ccc(OCC)cc1. The number of anilines is 2. The van der Waals surface area contributed by atoms with Crippen LogP contribution in [0.25, 0.3) is 0 Å². The van der Waals surface area contributed by atoms with Crippen molar-refractivity contribution in [1.82, 2.24) is 0 Å². The average Bonchev–Trinajstić information content (AvgIpc) is 2.63. The van der Waals surface area contributed by atoms with Crippen LogP contribution < -0.4 is 20.1 Å². The lowest BCUT2D eigenvalue weighted by atomic mass is 10.2. The van der Waals surface area contributed by atoms with Gasteiger partial charge in [0, 0.05) is 5.69 Å². The van der Waals surface area contributed by atoms with E-state index in [2.05, 4.69) is 17.6 Å². The maximum absolute atomic E-state index is 12.1. The average molecular weight is 342 g/mol. The van der Waals surface area contributed by atoms with Crippen molar-refractivity contribution in [3.8, 4) is 11.5 Å². The number of ether oxygens (including phenoxy) is 2. The van der Waals surface area contributed by atoms with Crippen molar-refractivity contribution < 1.29 is 14.3 Å². The molecule has 2 N–H and O–H groups in total. The van der Waals surface area contributed by atoms with E-state index in [1.165, 1.54) is 0 Å². The Morgan fingerprint density at radius 3 is 2.48 bits per heavy atom. The van der Waals surface area contributed by atoms with Crippen molar-refractivity contribution in [2.45, 2.75) is 26.7 Å². The lowest BCUT2D eigenvalue weighted by Crippen LogP contribution is -2.22. The first-order valence-corrected chi connectivity index (χ1v) is 8.71. The molecule has 0 radical (unpaired) electrons. The van der Waals surface area contributed by atoms with Gasteiger partial charge in [0.2, 0.25) is 5.91 Å². The number of hydrogen-bond donors (Lipinski definition) is 2. The van der Waals surface area contributed by atoms with Crippen molar-refractivity contribution in [2.24, 2.45) is 0 Å². The molecular formula is C20H26N2O3. The molecule has 2 aromatic rings. The van der Waals surface area contributed by atoms with Crippen LogP contribution >= 0.6 is 0 Å². The highest BCUT2D eigenvalue weighted by Gasteiger charge is 2.06. The number of carbonyl (C=O) groups is 1. The molecule has 0 atom stereocenters. The number of amides is 1. The summed E-state index contributed by atoms with van der Waals surface area (Å²) in [5.41, 5.74) is 1.56. The molecule has 134 valence electrons. The maximum Gasteiger partial charge on any atom is 0.243 e. The van der Waals surface area contributed by atoms with Gasteiger partial charge in [0.05, 0.1) is 25.4 Å². The second kappa shape index (κ2) is 10.2. The van der Waals surface area contributed by atoms with Crippen LogP contribution in [0, 0.1) is 0 Å². The fourth-order valence-corrected chi connectivity index (χ4v) is 2.25. The zero-order valence-electron chi connectivity index (χ0n) is 14.9. The quantitative estimate of drug-likeness (QED) is 0.632. The van der Waals surface area contributed by atoms with Crippen molar-refractivity contribution in [3.63, 3.8) is 0 Å². The molecule has 2 aromatic carbocycles. The maximum atomic E-state index is 12.1. The summed E-state index contributed by atoms with van der Waals surface area (Å²) in [5.74, 6) is 1.44. The Morgan fingerprint density at radius 2 is 1.76 bits per heavy atom. The highest BCUT2D eigenvalue weighted by molar-refractivity contribution is 5.94. The number of nitrogens with one attached hydrogen (secondary N) is 2. The smallest absolute Gasteiger partial charge is 0.243 e. The third-order valence-electron chi connectivity index (χ3n) is 3.53. The Morgan fingerprint density at radius 1 is 1.00 bits per heavy atom. The van der Waals surface area contributed by atoms with E-state index < -0.39 is 0 Å². The Kier molecular flexibility index (Phi) is 7.63. The minimum atomic E-state index is -0.118. The standard InChI is InChI=1S/C20H26N2O3/c1-3-5-14-25-19-9-7-6-8-18(19)21-15-20(23)22-16-10-12-17(13-11-16)24-4-2/h6-13,21H,3-5,14-15H2,1-2H3,(H,22,23). The van der Waals surface area contributed by atoms with E-state index in [1.54, 1.807) is 0 Å². The minimum Gasteiger partial charge on any atom is -0.494 e. The molecular weight excluding hydrogens is 316 g/mol. The predicted molar refractivity (Wildman–Crippen MR) is 102 cm³/mol. The topological polar surface area (TPSA) is 59.6 Å². The Labute approximate surface area is 149 Å². The van der Waals surface area contributed by atoms with Gasteiger partial charge in [0.15, 0.2) is 0 Å². The molecule has 2 rings (SSSR count). The van der Waals surface area contributed by atoms with Crippen molar-refractivity contribution in [3.05, 3.63) is 48.5 Å². The van der Waals surface area contributed by atoms with Crippen LogP contribution in [0.4, 0.5) is 11.4 Å². The number of hydrogen-bond acceptors (Lipinski definition) is 4. The molecule has 0 bridgehead atoms. The molecule has 0 saturated carbocycles. The van der Waals surface area contributed by atoms with Crippen molar-refractivity contribution in [1.29, 1.82) is 0 Å². The molecule has 0 unspecified atom stereocenters. The van der Waals surface area contributed by atoms with E-state index in [-0.39, 0.29) is 12.5 Å². The van der Waals surface area contributed by atoms with Crippen LogP contribution in [0.5, 0.6) is 11.5 Å². The summed E-state index contributed by atoms with van der Waals surface area (Å²) in [6.07, 6.45) is 2.09. The van der Waals surface area contributed by atoms with Crippen LogP contribution in [0.2, 0.25) is 0 Å². The Bertz CT molecular complexity index is 656. The highest BCUT2D eigenvalue weighted by atomic mass is 16.5. The zero-order valence-corrected chi connectivity index (χ0v) is 14.9. The normalized spacial score (nSPS) is 10.2. The van der Waals surface area contributed by atoms with E-state index in [1.807, 2.05) is 55.5 Å². The molecule has 0 spiro atoms. The summed E-state index contributed by atoms with van der Waals surface area (Å²) in [6.45, 7) is 5.52. The van der Waals surface area contributed by atoms with E-state index in [4.69, 9.17) is 9.47 Å². The number of rotatable bonds is 10. The van der Waals surface area contributed by atoms with Gasteiger partial charge in [-0.1, -0.05) is 25.5 Å². The molecule has 5 heteroatoms. The fourth-order valence-electron chi connectivity index (χ4n) is 2.25. The van der Waals surface area contributed by atoms with E-state index >= 15 is 0 Å². The second-order valence-electron chi connectivity index (χ2n) is 5.56. The summed E-state index contributed by atoms with van der Waals surface area (Å²) in [5, 5.41) is 5.99. The number of benzene rings is 2. The molecule has 25 heavy (non-hydrogen) atoms. The largest absolute Gasteiger partial charge is 0.494 e. The van der Waals surface area contributed by atoms with E-state index in [0.717, 1.165) is 35.7 Å². The summed E-state index contributed by atoms with van der Waals surface area (Å²) < 4.78 is 11.1. The van der Waals surface area contributed by atoms with Gasteiger partial charge in [-0.3, -0.25) is 4.79 Å². The first-order valence-electron chi connectivity index (χ1n) is 8.71. The highest BCUT2D eigenvalue weighted by Crippen LogP contribution is 2.23. The van der Waals surface area contributed by atoms with E-state index in [0.29, 0.717) is 13.2 Å². The number of para-hydroxylation sites is 2. The van der Waals surface area contributed by atoms with Crippen molar-refractivity contribution in [2.75, 3.05) is 30.4 Å². The summed E-state index contributed by atoms with van der Waals surface area (Å²) in [6, 6.07) is 15.0. The molecule has 0 aliphatic rings. The third-order valence-corrected chi connectivity index (χ3v) is 3.53. The van der Waals surface area contributed by atoms with Gasteiger partial charge >= 0.3 is 0 Å². The van der Waals surface area contributed by atoms with Crippen LogP contribution in [-0.4, -0.2) is 25.7 Å². The lowest BCUT2D eigenvalue weighted by molar-refractivity contribution is -0.114. The fraction of sp³-hybridized carbons (Fsp3) is 0.350. The van der Waals surface area contributed by atoms with Gasteiger partial charge in [-0.2, -0.15) is 0 Å². The van der Waals surface area contributed by atoms with E-state index in [9.17, 15) is 4.79 Å². The lowest BCUT2D eigenvalue weighted by Gasteiger charge is -2.13. The van der Waals surface area contributed by atoms with Crippen LogP contribution in [-0.2, 0) is 4.79 Å². The van der Waals surface area contributed by atoms with Gasteiger partial charge in [-0.05, 0) is 49.7 Å². The monoisotopic (exact) mass is 342 g/mol. The van der Waals surface area contributed by atoms with Gasteiger partial charge in [-0.15, -0.1) is 0 Å². The van der Waals surface area contributed by atoms with Gasteiger partial charge in [-0.25, -0.2) is 0 Å². The summed E-state index contributed by atoms with van der Waals surface area (Å²) in [7, 11) is 0. The second-order valence-corrected chi connectivity index (χ2v) is 5.56. The predicted octanol–water partition coefficient (Wildman–Crippen LogP) is 4.31. The minimum absolute atomic E-state index is 0.118. The molecule has 5 nitrogen and oxygen atoms in total. The van der Waals surface area contributed by atoms with Crippen molar-refractivity contribution >= 4 is 17.3 Å². The van der Waals surface area contributed by atoms with Gasteiger partial charge in [0.1, 0.15) is 11.5 Å². The Balaban J connectivity index is 1.85. The third kappa shape index (κ3) is 6.37. The molecule has 0 heterocycles. The van der Waals surface area contributed by atoms with Gasteiger partial charge in [0.25, 0.3) is 0 Å². The van der Waals surface area contributed by atoms with Crippen LogP contribution in [0.1, 0.15) is 26.7 Å². The van der Waals surface area contributed by atoms with Crippen LogP contribution in [0.3, 0.4) is 0 Å². The molecule has 0 aliphatic heterocycles. The molecule has 0 fully saturated rings. The molecule has 0 aromatic heterocycles. The summed E-state index contributed by atoms with van der Waals surface area (Å²) >= 11 is 0. The molecule has 1 amide bonds. The van der Waals surface area contributed by atoms with Gasteiger partial charge < -0.3 is 20.1 Å². The number of carbonyl (C=O) groups excluding carboxylic acids is 1. The first-order chi connectivity index (χ1) is 12.2. The summed E-state index contributed by atoms with van der Waals surface area (Å²) in [4.78, 5) is 12.1. The number of unbranched alkanes of at least 4 members (excludes halogenated alkanes) is 1. The zero-order chi connectivity index (χ0) is 17.9. The van der Waals surface area contributed by atoms with Crippen LogP contribution in [0.15, 0.2) is 48.5 Å². The Hall–Kier alpha value is -2.69. The first kappa shape index (κ1) is 18.6. The molecule has 0 saturated heterocycles. The molecule has 0 aliphatic carbocycles.